The van der Waals surface area contributed by atoms with Crippen molar-refractivity contribution in [2.45, 2.75) is 36.4 Å². The number of carbonyl (C=O) groups is 1. The van der Waals surface area contributed by atoms with E-state index in [2.05, 4.69) is 5.32 Å². The fourth-order valence-electron chi connectivity index (χ4n) is 4.08. The lowest BCUT2D eigenvalue weighted by atomic mass is 9.96. The van der Waals surface area contributed by atoms with Gasteiger partial charge in [-0.1, -0.05) is 24.3 Å². The van der Waals surface area contributed by atoms with E-state index in [1.165, 1.54) is 0 Å². The van der Waals surface area contributed by atoms with Crippen molar-refractivity contribution in [2.75, 3.05) is 19.7 Å². The molecule has 1 fully saturated rings. The smallest absolute Gasteiger partial charge is 0.416 e. The highest BCUT2D eigenvalue weighted by atomic mass is 32.2. The Labute approximate surface area is 184 Å². The summed E-state index contributed by atoms with van der Waals surface area (Å²) in [7, 11) is -4.07. The van der Waals surface area contributed by atoms with Gasteiger partial charge in [0, 0.05) is 19.0 Å². The first-order valence-corrected chi connectivity index (χ1v) is 11.8. The predicted octanol–water partition coefficient (Wildman–Crippen LogP) is 3.23. The fourth-order valence-corrected chi connectivity index (χ4v) is 5.60. The number of halogens is 3. The van der Waals surface area contributed by atoms with E-state index < -0.39 is 26.7 Å². The summed E-state index contributed by atoms with van der Waals surface area (Å²) in [4.78, 5) is 12.3. The van der Waals surface area contributed by atoms with Crippen molar-refractivity contribution in [3.63, 3.8) is 0 Å². The molecule has 6 nitrogen and oxygen atoms in total. The second-order valence-corrected chi connectivity index (χ2v) is 9.97. The Kier molecular flexibility index (Phi) is 6.17. The highest BCUT2D eigenvalue weighted by Gasteiger charge is 2.35. The molecular formula is C22H23F3N2O4S. The fraction of sp³-hybridized carbons (Fsp3) is 0.409. The van der Waals surface area contributed by atoms with Gasteiger partial charge in [0.05, 0.1) is 16.5 Å². The van der Waals surface area contributed by atoms with Gasteiger partial charge in [-0.2, -0.15) is 17.5 Å². The Morgan fingerprint density at radius 3 is 2.50 bits per heavy atom. The van der Waals surface area contributed by atoms with Gasteiger partial charge in [0.15, 0.2) is 0 Å². The second-order valence-electron chi connectivity index (χ2n) is 8.03. The monoisotopic (exact) mass is 468 g/mol. The molecule has 0 aromatic heterocycles. The first-order valence-electron chi connectivity index (χ1n) is 10.3. The zero-order valence-electron chi connectivity index (χ0n) is 17.1. The van der Waals surface area contributed by atoms with Gasteiger partial charge in [-0.15, -0.1) is 0 Å². The number of nitrogens with zero attached hydrogens (tertiary/aromatic N) is 1. The molecule has 0 bridgehead atoms. The Morgan fingerprint density at radius 2 is 1.78 bits per heavy atom. The van der Waals surface area contributed by atoms with E-state index in [0.717, 1.165) is 33.8 Å². The molecule has 1 amide bonds. The van der Waals surface area contributed by atoms with Crippen LogP contribution in [0, 0.1) is 5.92 Å². The van der Waals surface area contributed by atoms with Crippen molar-refractivity contribution in [1.29, 1.82) is 0 Å². The summed E-state index contributed by atoms with van der Waals surface area (Å²) >= 11 is 0. The molecule has 0 unspecified atom stereocenters. The Bertz CT molecular complexity index is 1100. The van der Waals surface area contributed by atoms with Gasteiger partial charge >= 0.3 is 6.18 Å². The molecule has 172 valence electrons. The van der Waals surface area contributed by atoms with E-state index in [9.17, 15) is 26.4 Å². The summed E-state index contributed by atoms with van der Waals surface area (Å²) in [5, 5.41) is 2.98. The number of sulfonamides is 1. The van der Waals surface area contributed by atoms with Gasteiger partial charge in [0.1, 0.15) is 12.4 Å². The van der Waals surface area contributed by atoms with Crippen LogP contribution in [0.25, 0.3) is 0 Å². The number of piperidine rings is 1. The normalized spacial score (nSPS) is 20.3. The van der Waals surface area contributed by atoms with Crippen LogP contribution in [0.5, 0.6) is 5.75 Å². The summed E-state index contributed by atoms with van der Waals surface area (Å²) < 4.78 is 71.3. The number of para-hydroxylation sites is 1. The van der Waals surface area contributed by atoms with E-state index in [0.29, 0.717) is 31.9 Å². The lowest BCUT2D eigenvalue weighted by Crippen LogP contribution is -2.48. The number of rotatable bonds is 4. The molecule has 2 aliphatic rings. The second kappa shape index (κ2) is 8.74. The maximum Gasteiger partial charge on any atom is 0.416 e. The van der Waals surface area contributed by atoms with Crippen molar-refractivity contribution in [3.8, 4) is 5.75 Å². The van der Waals surface area contributed by atoms with Crippen LogP contribution in [-0.4, -0.2) is 44.4 Å². The average Bonchev–Trinajstić information content (AvgIpc) is 2.78. The third kappa shape index (κ3) is 4.75. The molecule has 0 radical (unpaired) electrons. The highest BCUT2D eigenvalue weighted by Crippen LogP contribution is 2.32. The lowest BCUT2D eigenvalue weighted by molar-refractivity contribution is -0.137. The minimum absolute atomic E-state index is 0.0701. The maximum atomic E-state index is 13.0. The topological polar surface area (TPSA) is 75.7 Å². The van der Waals surface area contributed by atoms with Gasteiger partial charge in [-0.25, -0.2) is 8.42 Å². The van der Waals surface area contributed by atoms with Crippen LogP contribution in [0.4, 0.5) is 13.2 Å². The number of ether oxygens (including phenoxy) is 1. The van der Waals surface area contributed by atoms with Crippen LogP contribution in [0.3, 0.4) is 0 Å². The lowest BCUT2D eigenvalue weighted by Gasteiger charge is -2.32. The molecule has 10 heteroatoms. The number of benzene rings is 2. The summed E-state index contributed by atoms with van der Waals surface area (Å²) in [5.41, 5.74) is 0.00941. The number of amides is 1. The van der Waals surface area contributed by atoms with E-state index in [4.69, 9.17) is 4.74 Å². The number of hydrogen-bond donors (Lipinski definition) is 1. The molecule has 2 aromatic rings. The molecule has 2 heterocycles. The van der Waals surface area contributed by atoms with Crippen LogP contribution >= 0.6 is 0 Å². The van der Waals surface area contributed by atoms with Gasteiger partial charge in [0.2, 0.25) is 15.9 Å². The third-order valence-corrected chi connectivity index (χ3v) is 7.74. The Balaban J connectivity index is 1.35. The largest absolute Gasteiger partial charge is 0.491 e. The molecule has 2 aliphatic heterocycles. The number of alkyl halides is 3. The first-order chi connectivity index (χ1) is 15.1. The highest BCUT2D eigenvalue weighted by molar-refractivity contribution is 7.89. The molecule has 2 aromatic carbocycles. The number of hydrogen-bond acceptors (Lipinski definition) is 4. The zero-order chi connectivity index (χ0) is 22.9. The van der Waals surface area contributed by atoms with Crippen LogP contribution in [-0.2, 0) is 27.4 Å². The standard InChI is InChI=1S/C22H23F3N2O4S/c23-22(24,25)17-5-3-6-19(13-17)32(29,30)27-10-8-15(9-11-27)21(28)26-18-12-16-4-1-2-7-20(16)31-14-18/h1-7,13,15,18H,8-12,14H2,(H,26,28)/t18-/m0/s1. The summed E-state index contributed by atoms with van der Waals surface area (Å²) in [5.74, 6) is 0.292. The molecule has 1 N–H and O–H groups in total. The van der Waals surface area contributed by atoms with Crippen molar-refractivity contribution in [2.24, 2.45) is 5.92 Å². The number of nitrogens with one attached hydrogen (secondary N) is 1. The molecule has 0 aliphatic carbocycles. The van der Waals surface area contributed by atoms with Crippen molar-refractivity contribution in [3.05, 3.63) is 59.7 Å². The first kappa shape index (κ1) is 22.6. The quantitative estimate of drug-likeness (QED) is 0.748. The predicted molar refractivity (Wildman–Crippen MR) is 110 cm³/mol. The molecule has 32 heavy (non-hydrogen) atoms. The number of carbonyl (C=O) groups excluding carboxylic acids is 1. The minimum atomic E-state index is -4.63. The van der Waals surface area contributed by atoms with Crippen molar-refractivity contribution in [1.82, 2.24) is 9.62 Å². The molecular weight excluding hydrogens is 445 g/mol. The van der Waals surface area contributed by atoms with Gasteiger partial charge in [-0.05, 0) is 49.1 Å². The van der Waals surface area contributed by atoms with Crippen LogP contribution in [0.2, 0.25) is 0 Å². The average molecular weight is 468 g/mol. The molecule has 1 saturated heterocycles. The molecule has 0 spiro atoms. The van der Waals surface area contributed by atoms with Crippen LogP contribution in [0.1, 0.15) is 24.0 Å². The zero-order valence-corrected chi connectivity index (χ0v) is 18.0. The van der Waals surface area contributed by atoms with Gasteiger partial charge in [0.25, 0.3) is 0 Å². The molecule has 1 atom stereocenters. The van der Waals surface area contributed by atoms with Crippen molar-refractivity contribution < 1.29 is 31.1 Å². The van der Waals surface area contributed by atoms with Crippen molar-refractivity contribution >= 4 is 15.9 Å². The van der Waals surface area contributed by atoms with E-state index in [1.54, 1.807) is 0 Å². The molecule has 0 saturated carbocycles. The van der Waals surface area contributed by atoms with Gasteiger partial charge in [-0.3, -0.25) is 4.79 Å². The Hall–Kier alpha value is -2.59. The summed E-state index contributed by atoms with van der Waals surface area (Å²) in [6.07, 6.45) is -3.37. The van der Waals surface area contributed by atoms with Crippen LogP contribution < -0.4 is 10.1 Å². The number of fused-ring (bicyclic) bond motifs is 1. The minimum Gasteiger partial charge on any atom is -0.491 e. The van der Waals surface area contributed by atoms with E-state index in [-0.39, 0.29) is 31.0 Å². The van der Waals surface area contributed by atoms with E-state index >= 15 is 0 Å². The summed E-state index contributed by atoms with van der Waals surface area (Å²) in [6.45, 7) is 0.507. The third-order valence-electron chi connectivity index (χ3n) is 5.85. The molecule has 4 rings (SSSR count). The van der Waals surface area contributed by atoms with Crippen LogP contribution in [0.15, 0.2) is 53.4 Å². The maximum absolute atomic E-state index is 13.0. The van der Waals surface area contributed by atoms with Gasteiger partial charge < -0.3 is 10.1 Å². The SMILES string of the molecule is O=C(N[C@@H]1COc2ccccc2C1)C1CCN(S(=O)(=O)c2cccc(C(F)(F)F)c2)CC1. The van der Waals surface area contributed by atoms with E-state index in [1.807, 2.05) is 24.3 Å². The summed E-state index contributed by atoms with van der Waals surface area (Å²) in [6, 6.07) is 11.2. The Morgan fingerprint density at radius 1 is 1.06 bits per heavy atom.